The topological polar surface area (TPSA) is 32.9 Å². The number of H-pyrrole nitrogens is 1. The molecule has 1 N–H and O–H groups in total. The number of carbonyl (C=O) groups excluding carboxylic acids is 1. The van der Waals surface area contributed by atoms with Crippen molar-refractivity contribution >= 4 is 5.78 Å². The fraction of sp³-hybridized carbons (Fsp3) is 0.364. The van der Waals surface area contributed by atoms with Crippen LogP contribution in [0, 0.1) is 13.8 Å². The van der Waals surface area contributed by atoms with Gasteiger partial charge in [-0.05, 0) is 37.8 Å². The molecule has 0 fully saturated rings. The van der Waals surface area contributed by atoms with Crippen LogP contribution in [0.5, 0.6) is 0 Å². The van der Waals surface area contributed by atoms with E-state index in [1.165, 1.54) is 5.56 Å². The van der Waals surface area contributed by atoms with Crippen molar-refractivity contribution in [1.82, 2.24) is 4.98 Å². The van der Waals surface area contributed by atoms with Crippen LogP contribution in [0.25, 0.3) is 0 Å². The van der Waals surface area contributed by atoms with Crippen molar-refractivity contribution in [2.45, 2.75) is 26.7 Å². The van der Waals surface area contributed by atoms with E-state index in [2.05, 4.69) is 11.6 Å². The zero-order valence-corrected chi connectivity index (χ0v) is 8.03. The van der Waals surface area contributed by atoms with Gasteiger partial charge in [-0.1, -0.05) is 6.58 Å². The van der Waals surface area contributed by atoms with Crippen LogP contribution in [0.4, 0.5) is 0 Å². The fourth-order valence-electron chi connectivity index (χ4n) is 2.02. The Morgan fingerprint density at radius 1 is 1.23 bits per heavy atom. The highest BCUT2D eigenvalue weighted by atomic mass is 16.1. The van der Waals surface area contributed by atoms with Gasteiger partial charge in [-0.25, -0.2) is 0 Å². The average Bonchev–Trinajstić information content (AvgIpc) is 2.35. The lowest BCUT2D eigenvalue weighted by Gasteiger charge is -2.13. The number of aromatic nitrogens is 1. The number of Topliss-reactive ketones (excluding diaryl/α,β-unsaturated/α-hetero) is 1. The molecule has 2 nitrogen and oxygen atoms in total. The number of nitrogens with one attached hydrogen (secondary N) is 1. The Kier molecular flexibility index (Phi) is 1.65. The summed E-state index contributed by atoms with van der Waals surface area (Å²) in [7, 11) is 0. The number of hydrogen-bond acceptors (Lipinski definition) is 1. The van der Waals surface area contributed by atoms with Crippen LogP contribution in [0.15, 0.2) is 12.2 Å². The molecule has 1 aromatic heterocycles. The minimum atomic E-state index is 0.128. The number of ketones is 1. The molecule has 0 aromatic carbocycles. The predicted octanol–water partition coefficient (Wildman–Crippen LogP) is 2.32. The number of hydrogen-bond donors (Lipinski definition) is 1. The first-order chi connectivity index (χ1) is 6.11. The van der Waals surface area contributed by atoms with Gasteiger partial charge in [0.15, 0.2) is 5.78 Å². The van der Waals surface area contributed by atoms with Crippen LogP contribution in [0.2, 0.25) is 0 Å². The molecule has 1 aromatic rings. The van der Waals surface area contributed by atoms with E-state index in [9.17, 15) is 4.79 Å². The zero-order chi connectivity index (χ0) is 9.59. The number of carbonyl (C=O) groups is 1. The first-order valence-corrected chi connectivity index (χ1v) is 4.51. The van der Waals surface area contributed by atoms with Crippen molar-refractivity contribution in [1.29, 1.82) is 0 Å². The summed E-state index contributed by atoms with van der Waals surface area (Å²) in [4.78, 5) is 14.9. The number of aryl methyl sites for hydroxylation is 2. The predicted molar refractivity (Wildman–Crippen MR) is 52.1 cm³/mol. The third kappa shape index (κ3) is 1.05. The van der Waals surface area contributed by atoms with E-state index < -0.39 is 0 Å². The van der Waals surface area contributed by atoms with Crippen molar-refractivity contribution < 1.29 is 4.79 Å². The lowest BCUT2D eigenvalue weighted by Crippen LogP contribution is -2.12. The molecule has 1 heterocycles. The molecule has 13 heavy (non-hydrogen) atoms. The summed E-state index contributed by atoms with van der Waals surface area (Å²) in [5, 5.41) is 0. The summed E-state index contributed by atoms with van der Waals surface area (Å²) in [6, 6.07) is 0. The van der Waals surface area contributed by atoms with E-state index in [4.69, 9.17) is 0 Å². The summed E-state index contributed by atoms with van der Waals surface area (Å²) >= 11 is 0. The van der Waals surface area contributed by atoms with Crippen LogP contribution in [0.1, 0.15) is 33.7 Å². The summed E-state index contributed by atoms with van der Waals surface area (Å²) < 4.78 is 0. The first-order valence-electron chi connectivity index (χ1n) is 4.51. The molecule has 2 heteroatoms. The molecule has 0 aliphatic heterocycles. The summed E-state index contributed by atoms with van der Waals surface area (Å²) in [5.41, 5.74) is 4.92. The molecule has 1 aliphatic rings. The monoisotopic (exact) mass is 175 g/mol. The number of allylic oxidation sites excluding steroid dienone is 1. The lowest BCUT2D eigenvalue weighted by molar-refractivity contribution is 0.102. The molecular formula is C11H13NO. The highest BCUT2D eigenvalue weighted by molar-refractivity contribution is 6.11. The Balaban J connectivity index is 2.65. The maximum Gasteiger partial charge on any atom is 0.190 e. The van der Waals surface area contributed by atoms with Crippen molar-refractivity contribution in [3.05, 3.63) is 34.7 Å². The maximum atomic E-state index is 11.7. The van der Waals surface area contributed by atoms with Gasteiger partial charge in [0.05, 0.1) is 0 Å². The molecule has 0 saturated carbocycles. The van der Waals surface area contributed by atoms with E-state index >= 15 is 0 Å². The van der Waals surface area contributed by atoms with Crippen LogP contribution in [-0.4, -0.2) is 10.8 Å². The Morgan fingerprint density at radius 3 is 2.62 bits per heavy atom. The fourth-order valence-corrected chi connectivity index (χ4v) is 2.02. The van der Waals surface area contributed by atoms with E-state index in [1.807, 2.05) is 13.8 Å². The average molecular weight is 175 g/mol. The van der Waals surface area contributed by atoms with Crippen LogP contribution in [-0.2, 0) is 6.42 Å². The quantitative estimate of drug-likeness (QED) is 0.603. The molecule has 0 amide bonds. The Hall–Kier alpha value is -1.31. The van der Waals surface area contributed by atoms with Crippen molar-refractivity contribution in [3.63, 3.8) is 0 Å². The third-order valence-electron chi connectivity index (χ3n) is 2.73. The van der Waals surface area contributed by atoms with Crippen molar-refractivity contribution in [3.8, 4) is 0 Å². The number of fused-ring (bicyclic) bond motifs is 1. The van der Waals surface area contributed by atoms with Gasteiger partial charge >= 0.3 is 0 Å². The normalized spacial score (nSPS) is 16.2. The van der Waals surface area contributed by atoms with Crippen LogP contribution >= 0.6 is 0 Å². The molecule has 0 unspecified atom stereocenters. The molecule has 0 spiro atoms. The van der Waals surface area contributed by atoms with Gasteiger partial charge in [0.2, 0.25) is 0 Å². The SMILES string of the molecule is C=C1CCc2c(C)[nH]c(C)c2C1=O. The zero-order valence-electron chi connectivity index (χ0n) is 8.03. The standard InChI is InChI=1S/C11H13NO/c1-6-4-5-9-7(2)12-8(3)10(9)11(6)13/h12H,1,4-5H2,2-3H3. The van der Waals surface area contributed by atoms with Gasteiger partial charge in [0, 0.05) is 17.0 Å². The van der Waals surface area contributed by atoms with Crippen molar-refractivity contribution in [2.24, 2.45) is 0 Å². The van der Waals surface area contributed by atoms with Crippen LogP contribution in [0.3, 0.4) is 0 Å². The summed E-state index contributed by atoms with van der Waals surface area (Å²) in [6.07, 6.45) is 1.76. The molecule has 0 bridgehead atoms. The second kappa shape index (κ2) is 2.59. The molecule has 2 rings (SSSR count). The van der Waals surface area contributed by atoms with E-state index in [-0.39, 0.29) is 5.78 Å². The Morgan fingerprint density at radius 2 is 1.92 bits per heavy atom. The molecule has 68 valence electrons. The third-order valence-corrected chi connectivity index (χ3v) is 2.73. The maximum absolute atomic E-state index is 11.7. The lowest BCUT2D eigenvalue weighted by atomic mass is 9.88. The highest BCUT2D eigenvalue weighted by Crippen LogP contribution is 2.28. The highest BCUT2D eigenvalue weighted by Gasteiger charge is 2.25. The Labute approximate surface area is 77.7 Å². The first kappa shape index (κ1) is 8.30. The van der Waals surface area contributed by atoms with Gasteiger partial charge in [-0.3, -0.25) is 4.79 Å². The Bertz CT molecular complexity index is 398. The molecule has 0 atom stereocenters. The van der Waals surface area contributed by atoms with Crippen LogP contribution < -0.4 is 0 Å². The van der Waals surface area contributed by atoms with E-state index in [0.29, 0.717) is 0 Å². The second-order valence-electron chi connectivity index (χ2n) is 3.66. The molecule has 0 radical (unpaired) electrons. The minimum Gasteiger partial charge on any atom is -0.362 e. The van der Waals surface area contributed by atoms with Gasteiger partial charge in [0.1, 0.15) is 0 Å². The minimum absolute atomic E-state index is 0.128. The number of rotatable bonds is 0. The molecule has 0 saturated heterocycles. The van der Waals surface area contributed by atoms with E-state index in [0.717, 1.165) is 35.4 Å². The molecule has 1 aliphatic carbocycles. The van der Waals surface area contributed by atoms with Gasteiger partial charge in [-0.2, -0.15) is 0 Å². The van der Waals surface area contributed by atoms with Gasteiger partial charge in [-0.15, -0.1) is 0 Å². The van der Waals surface area contributed by atoms with Crippen molar-refractivity contribution in [2.75, 3.05) is 0 Å². The molecular weight excluding hydrogens is 162 g/mol. The summed E-state index contributed by atoms with van der Waals surface area (Å²) in [5.74, 6) is 0.128. The van der Waals surface area contributed by atoms with Gasteiger partial charge < -0.3 is 4.98 Å². The second-order valence-corrected chi connectivity index (χ2v) is 3.66. The van der Waals surface area contributed by atoms with Gasteiger partial charge in [0.25, 0.3) is 0 Å². The smallest absolute Gasteiger partial charge is 0.190 e. The summed E-state index contributed by atoms with van der Waals surface area (Å²) in [6.45, 7) is 7.75. The van der Waals surface area contributed by atoms with E-state index in [1.54, 1.807) is 0 Å². The largest absolute Gasteiger partial charge is 0.362 e. The number of aromatic amines is 1.